The zero-order valence-corrected chi connectivity index (χ0v) is 20.6. The highest BCUT2D eigenvalue weighted by molar-refractivity contribution is 5.73. The molecule has 2 fully saturated rings. The van der Waals surface area contributed by atoms with E-state index in [1.807, 2.05) is 6.07 Å². The molecule has 0 radical (unpaired) electrons. The smallest absolute Gasteiger partial charge is 0.490 e. The second-order valence-electron chi connectivity index (χ2n) is 8.58. The minimum Gasteiger partial charge on any atom is -0.497 e. The summed E-state index contributed by atoms with van der Waals surface area (Å²) in [7, 11) is 7.67. The molecule has 2 N–H and O–H groups in total. The lowest BCUT2D eigenvalue weighted by molar-refractivity contribution is -0.193. The first-order valence-corrected chi connectivity index (χ1v) is 10.8. The van der Waals surface area contributed by atoms with Gasteiger partial charge in [-0.1, -0.05) is 0 Å². The number of methoxy groups -OCH3 is 2. The first-order valence-electron chi connectivity index (χ1n) is 10.8. The molecule has 2 aliphatic heterocycles. The Labute approximate surface area is 209 Å². The van der Waals surface area contributed by atoms with Crippen LogP contribution in [0, 0.1) is 11.8 Å². The first-order chi connectivity index (χ1) is 17.0. The maximum Gasteiger partial charge on any atom is 0.490 e. The molecule has 0 unspecified atom stereocenters. The summed E-state index contributed by atoms with van der Waals surface area (Å²) in [6.07, 6.45) is -9.77. The number of benzene rings is 1. The minimum absolute atomic E-state index is 0.396. The van der Waals surface area contributed by atoms with Crippen molar-refractivity contribution in [2.24, 2.45) is 11.8 Å². The van der Waals surface area contributed by atoms with Crippen molar-refractivity contribution in [2.75, 3.05) is 54.6 Å². The van der Waals surface area contributed by atoms with Crippen molar-refractivity contribution in [1.29, 1.82) is 0 Å². The Bertz CT molecular complexity index is 849. The molecule has 0 saturated carbocycles. The van der Waals surface area contributed by atoms with E-state index in [0.29, 0.717) is 17.9 Å². The Morgan fingerprint density at radius 3 is 1.81 bits per heavy atom. The number of carboxylic acids is 2. The van der Waals surface area contributed by atoms with Crippen LogP contribution < -0.4 is 9.47 Å². The molecule has 1 aromatic carbocycles. The van der Waals surface area contributed by atoms with Crippen molar-refractivity contribution in [3.05, 3.63) is 23.8 Å². The number of alkyl halides is 6. The summed E-state index contributed by atoms with van der Waals surface area (Å²) in [4.78, 5) is 22.6. The van der Waals surface area contributed by atoms with Crippen LogP contribution in [-0.4, -0.2) is 105 Å². The first kappa shape index (κ1) is 32.2. The van der Waals surface area contributed by atoms with Gasteiger partial charge in [-0.3, -0.25) is 4.90 Å². The Kier molecular flexibility index (Phi) is 11.9. The summed E-state index contributed by atoms with van der Waals surface area (Å²) >= 11 is 0. The van der Waals surface area contributed by atoms with E-state index in [2.05, 4.69) is 36.0 Å². The molecular formula is C22H30F6N2O7. The summed E-state index contributed by atoms with van der Waals surface area (Å²) in [5.41, 5.74) is 1.23. The van der Waals surface area contributed by atoms with E-state index in [4.69, 9.17) is 34.0 Å². The quantitative estimate of drug-likeness (QED) is 0.519. The number of hydrogen-bond acceptors (Lipinski definition) is 7. The molecular weight excluding hydrogens is 518 g/mol. The van der Waals surface area contributed by atoms with Crippen LogP contribution in [0.1, 0.15) is 5.56 Å². The van der Waals surface area contributed by atoms with Crippen LogP contribution in [-0.2, 0) is 20.9 Å². The predicted molar refractivity (Wildman–Crippen MR) is 117 cm³/mol. The van der Waals surface area contributed by atoms with Gasteiger partial charge < -0.3 is 29.3 Å². The van der Waals surface area contributed by atoms with Gasteiger partial charge in [0.2, 0.25) is 0 Å². The molecule has 1 aromatic rings. The number of nitrogens with zero attached hydrogens (tertiary/aromatic N) is 2. The summed E-state index contributed by atoms with van der Waals surface area (Å²) in [6, 6.07) is 6.10. The van der Waals surface area contributed by atoms with Crippen molar-refractivity contribution in [3.8, 4) is 11.5 Å². The summed E-state index contributed by atoms with van der Waals surface area (Å²) in [6.45, 7) is 5.08. The van der Waals surface area contributed by atoms with E-state index < -0.39 is 24.3 Å². The van der Waals surface area contributed by atoms with Crippen LogP contribution in [0.15, 0.2) is 18.2 Å². The lowest BCUT2D eigenvalue weighted by Gasteiger charge is -2.22. The van der Waals surface area contributed by atoms with Gasteiger partial charge in [-0.25, -0.2) is 9.59 Å². The average Bonchev–Trinajstić information content (AvgIpc) is 3.33. The van der Waals surface area contributed by atoms with Gasteiger partial charge in [0.25, 0.3) is 0 Å². The highest BCUT2D eigenvalue weighted by Gasteiger charge is 2.43. The van der Waals surface area contributed by atoms with Gasteiger partial charge >= 0.3 is 24.3 Å². The second kappa shape index (κ2) is 13.7. The molecule has 0 spiro atoms. The lowest BCUT2D eigenvalue weighted by Crippen LogP contribution is -2.30. The Hall–Kier alpha value is -2.78. The van der Waals surface area contributed by atoms with Crippen LogP contribution in [0.5, 0.6) is 11.5 Å². The monoisotopic (exact) mass is 548 g/mol. The molecule has 2 saturated heterocycles. The van der Waals surface area contributed by atoms with Gasteiger partial charge in [0.05, 0.1) is 26.9 Å². The molecule has 0 aromatic heterocycles. The van der Waals surface area contributed by atoms with E-state index in [1.54, 1.807) is 14.2 Å². The Morgan fingerprint density at radius 2 is 1.43 bits per heavy atom. The van der Waals surface area contributed by atoms with Crippen molar-refractivity contribution >= 4 is 11.9 Å². The van der Waals surface area contributed by atoms with Crippen LogP contribution in [0.3, 0.4) is 0 Å². The second-order valence-corrected chi connectivity index (χ2v) is 8.58. The van der Waals surface area contributed by atoms with Crippen molar-refractivity contribution in [2.45, 2.75) is 25.0 Å². The fraction of sp³-hybridized carbons (Fsp3) is 0.636. The topological polar surface area (TPSA) is 109 Å². The fourth-order valence-corrected chi connectivity index (χ4v) is 3.88. The highest BCUT2D eigenvalue weighted by Crippen LogP contribution is 2.35. The third-order valence-corrected chi connectivity index (χ3v) is 5.42. The zero-order valence-electron chi connectivity index (χ0n) is 20.6. The number of ether oxygens (including phenoxy) is 3. The van der Waals surface area contributed by atoms with E-state index in [0.717, 1.165) is 44.3 Å². The van der Waals surface area contributed by atoms with Crippen LogP contribution >= 0.6 is 0 Å². The number of hydrogen-bond donors (Lipinski definition) is 2. The Balaban J connectivity index is 0.000000404. The van der Waals surface area contributed by atoms with Gasteiger partial charge in [0, 0.05) is 44.1 Å². The van der Waals surface area contributed by atoms with Crippen molar-refractivity contribution in [1.82, 2.24) is 9.80 Å². The van der Waals surface area contributed by atoms with Gasteiger partial charge in [-0.05, 0) is 31.8 Å². The van der Waals surface area contributed by atoms with Crippen LogP contribution in [0.2, 0.25) is 0 Å². The molecule has 0 bridgehead atoms. The van der Waals surface area contributed by atoms with E-state index >= 15 is 0 Å². The summed E-state index contributed by atoms with van der Waals surface area (Å²) in [5, 5.41) is 14.2. The third kappa shape index (κ3) is 11.0. The predicted octanol–water partition coefficient (Wildman–Crippen LogP) is 2.98. The molecule has 2 aliphatic rings. The van der Waals surface area contributed by atoms with Crippen LogP contribution in [0.25, 0.3) is 0 Å². The molecule has 37 heavy (non-hydrogen) atoms. The van der Waals surface area contributed by atoms with Gasteiger partial charge in [-0.15, -0.1) is 0 Å². The molecule has 15 heteroatoms. The molecule has 212 valence electrons. The number of fused-ring (bicyclic) bond motifs is 1. The van der Waals surface area contributed by atoms with Gasteiger partial charge in [-0.2, -0.15) is 26.3 Å². The maximum atomic E-state index is 10.6. The highest BCUT2D eigenvalue weighted by atomic mass is 19.4. The SMILES string of the molecule is COc1cc(CN2C[C@@H]3[C@H](CN(C)C)CO[C@@H]3C2)cc(OC)c1.O=C(O)C(F)(F)F.O=C(O)C(F)(F)F. The number of carbonyl (C=O) groups is 2. The molecule has 9 nitrogen and oxygen atoms in total. The zero-order chi connectivity index (χ0) is 28.6. The van der Waals surface area contributed by atoms with Crippen molar-refractivity contribution in [3.63, 3.8) is 0 Å². The van der Waals surface area contributed by atoms with Gasteiger partial charge in [0.1, 0.15) is 11.5 Å². The molecule has 3 rings (SSSR count). The standard InChI is InChI=1S/C18H28N2O3.2C2HF3O2/c1-19(2)9-14-12-23-18-11-20(10-17(14)18)8-13-5-15(21-3)7-16(6-13)22-4;2*3-2(4,5)1(6)7/h5-7,14,17-18H,8-12H2,1-4H3;2*(H,6,7)/t14-,17-,18-;;/m1../s1. The van der Waals surface area contributed by atoms with E-state index in [-0.39, 0.29) is 0 Å². The fourth-order valence-electron chi connectivity index (χ4n) is 3.88. The Morgan fingerprint density at radius 1 is 0.973 bits per heavy atom. The third-order valence-electron chi connectivity index (χ3n) is 5.42. The largest absolute Gasteiger partial charge is 0.497 e. The average molecular weight is 548 g/mol. The maximum absolute atomic E-state index is 10.6. The lowest BCUT2D eigenvalue weighted by atomic mass is 9.93. The van der Waals surface area contributed by atoms with Crippen molar-refractivity contribution < 1.29 is 60.4 Å². The number of rotatable bonds is 6. The summed E-state index contributed by atoms with van der Waals surface area (Å²) < 4.78 is 80.2. The van der Waals surface area contributed by atoms with E-state index in [1.165, 1.54) is 5.56 Å². The minimum atomic E-state index is -5.08. The number of halogens is 6. The summed E-state index contributed by atoms with van der Waals surface area (Å²) in [5.74, 6) is -2.51. The van der Waals surface area contributed by atoms with Crippen LogP contribution in [0.4, 0.5) is 26.3 Å². The molecule has 0 amide bonds. The molecule has 2 heterocycles. The van der Waals surface area contributed by atoms with Gasteiger partial charge in [0.15, 0.2) is 0 Å². The molecule has 0 aliphatic carbocycles. The van der Waals surface area contributed by atoms with E-state index in [9.17, 15) is 26.3 Å². The number of likely N-dealkylation sites (tertiary alicyclic amines) is 1. The normalized spacial score (nSPS) is 21.3. The number of aliphatic carboxylic acids is 2. The molecule has 3 atom stereocenters. The number of carboxylic acid groups (broad SMARTS) is 2.